The van der Waals surface area contributed by atoms with Crippen molar-refractivity contribution in [2.45, 2.75) is 116 Å². The maximum absolute atomic E-state index is 13.2. The van der Waals surface area contributed by atoms with E-state index < -0.39 is 8.32 Å². The van der Waals surface area contributed by atoms with Crippen LogP contribution in [-0.2, 0) is 18.8 Å². The molecule has 0 aromatic heterocycles. The van der Waals surface area contributed by atoms with Crippen molar-refractivity contribution in [3.63, 3.8) is 0 Å². The second-order valence-electron chi connectivity index (χ2n) is 10.7. The fourth-order valence-electron chi connectivity index (χ4n) is 7.01. The molecule has 0 amide bonds. The highest BCUT2D eigenvalue weighted by Crippen LogP contribution is 2.56. The van der Waals surface area contributed by atoms with Crippen molar-refractivity contribution < 1.29 is 18.8 Å². The Hall–Kier alpha value is -0.683. The van der Waals surface area contributed by atoms with E-state index >= 15 is 0 Å². The zero-order chi connectivity index (χ0) is 22.0. The van der Waals surface area contributed by atoms with Crippen LogP contribution in [0.15, 0.2) is 0 Å². The maximum atomic E-state index is 13.2. The summed E-state index contributed by atoms with van der Waals surface area (Å²) in [6.07, 6.45) is 9.05. The maximum Gasteiger partial charge on any atom is 0.309 e. The van der Waals surface area contributed by atoms with Gasteiger partial charge in [-0.25, -0.2) is 0 Å². The van der Waals surface area contributed by atoms with Gasteiger partial charge in [0.2, 0.25) is 0 Å². The van der Waals surface area contributed by atoms with Gasteiger partial charge in [0, 0.05) is 12.3 Å². The zero-order valence-electron chi connectivity index (χ0n) is 20.1. The molecule has 0 spiro atoms. The van der Waals surface area contributed by atoms with E-state index in [0.29, 0.717) is 12.4 Å². The van der Waals surface area contributed by atoms with Crippen molar-refractivity contribution in [1.82, 2.24) is 0 Å². The zero-order valence-corrected chi connectivity index (χ0v) is 21.1. The van der Waals surface area contributed by atoms with E-state index in [1.807, 2.05) is 6.92 Å². The molecule has 0 radical (unpaired) electrons. The Morgan fingerprint density at radius 2 is 1.70 bits per heavy atom. The molecule has 0 bridgehead atoms. The lowest BCUT2D eigenvalue weighted by Gasteiger charge is -2.42. The summed E-state index contributed by atoms with van der Waals surface area (Å²) < 4.78 is 12.9. The van der Waals surface area contributed by atoms with Gasteiger partial charge in [0.1, 0.15) is 12.4 Å². The Balaban J connectivity index is 1.65. The topological polar surface area (TPSA) is 52.6 Å². The molecule has 4 nitrogen and oxygen atoms in total. The summed E-state index contributed by atoms with van der Waals surface area (Å²) in [5.41, 5.74) is -0.281. The lowest BCUT2D eigenvalue weighted by Crippen LogP contribution is -2.49. The van der Waals surface area contributed by atoms with Crippen LogP contribution in [0.5, 0.6) is 0 Å². The molecule has 0 unspecified atom stereocenters. The van der Waals surface area contributed by atoms with Crippen LogP contribution in [0.3, 0.4) is 0 Å². The molecule has 3 rings (SSSR count). The van der Waals surface area contributed by atoms with Crippen LogP contribution in [0.4, 0.5) is 0 Å². The van der Waals surface area contributed by atoms with E-state index in [1.165, 1.54) is 12.8 Å². The van der Waals surface area contributed by atoms with Gasteiger partial charge in [-0.05, 0) is 68.0 Å². The molecule has 3 aliphatic carbocycles. The Morgan fingerprint density at radius 3 is 2.30 bits per heavy atom. The summed E-state index contributed by atoms with van der Waals surface area (Å²) in [5, 5.41) is 0. The van der Waals surface area contributed by atoms with E-state index in [0.717, 1.165) is 63.1 Å². The Morgan fingerprint density at radius 1 is 1.07 bits per heavy atom. The number of fused-ring (bicyclic) bond motifs is 1. The quantitative estimate of drug-likeness (QED) is 0.315. The van der Waals surface area contributed by atoms with E-state index in [-0.39, 0.29) is 34.7 Å². The third-order valence-electron chi connectivity index (χ3n) is 9.27. The minimum atomic E-state index is -1.75. The van der Waals surface area contributed by atoms with E-state index in [2.05, 4.69) is 27.7 Å². The molecule has 3 fully saturated rings. The predicted molar refractivity (Wildman–Crippen MR) is 123 cm³/mol. The summed E-state index contributed by atoms with van der Waals surface area (Å²) in [4.78, 5) is 25.6. The lowest BCUT2D eigenvalue weighted by atomic mass is 9.62. The molecular weight excluding hydrogens is 392 g/mol. The summed E-state index contributed by atoms with van der Waals surface area (Å²) in [7, 11) is -1.75. The number of Topliss-reactive ketones (excluding diaryl/α,β-unsaturated/α-hetero) is 1. The standard InChI is InChI=1S/C25H44O4Si/c1-6-30(7-2,8-3)29-25(16-9-10-17-25)18-28-23(27)19(4)20-13-14-21-22(26)12-11-15-24(20,21)5/h19-21H,6-18H2,1-5H3/t19-,20+,21-,24+/m0/s1. The van der Waals surface area contributed by atoms with Gasteiger partial charge >= 0.3 is 5.97 Å². The fourth-order valence-corrected chi connectivity index (χ4v) is 10.1. The van der Waals surface area contributed by atoms with Crippen molar-refractivity contribution in [2.75, 3.05) is 6.61 Å². The highest BCUT2D eigenvalue weighted by atomic mass is 28.4. The number of carbonyl (C=O) groups is 2. The Labute approximate surface area is 185 Å². The van der Waals surface area contributed by atoms with E-state index in [1.54, 1.807) is 0 Å². The number of esters is 1. The first kappa shape index (κ1) is 24.0. The van der Waals surface area contributed by atoms with Crippen LogP contribution in [0.25, 0.3) is 0 Å². The van der Waals surface area contributed by atoms with Crippen LogP contribution >= 0.6 is 0 Å². The predicted octanol–water partition coefficient (Wildman–Crippen LogP) is 6.29. The normalized spacial score (nSPS) is 32.1. The van der Waals surface area contributed by atoms with Crippen LogP contribution in [0, 0.1) is 23.2 Å². The van der Waals surface area contributed by atoms with Gasteiger partial charge in [0.05, 0.1) is 11.5 Å². The van der Waals surface area contributed by atoms with Gasteiger partial charge in [-0.15, -0.1) is 0 Å². The van der Waals surface area contributed by atoms with Gasteiger partial charge < -0.3 is 9.16 Å². The van der Waals surface area contributed by atoms with Crippen LogP contribution < -0.4 is 0 Å². The third-order valence-corrected chi connectivity index (χ3v) is 14.0. The summed E-state index contributed by atoms with van der Waals surface area (Å²) in [6.45, 7) is 11.5. The van der Waals surface area contributed by atoms with Crippen molar-refractivity contribution in [3.8, 4) is 0 Å². The summed E-state index contributed by atoms with van der Waals surface area (Å²) in [5.74, 6) is 0.614. The Kier molecular flexibility index (Phi) is 7.54. The number of carbonyl (C=O) groups excluding carboxylic acids is 2. The van der Waals surface area contributed by atoms with Crippen molar-refractivity contribution in [3.05, 3.63) is 0 Å². The van der Waals surface area contributed by atoms with Crippen LogP contribution in [-0.4, -0.2) is 32.3 Å². The van der Waals surface area contributed by atoms with Crippen LogP contribution in [0.2, 0.25) is 18.1 Å². The molecular formula is C25H44O4Si. The number of rotatable bonds is 9. The molecule has 172 valence electrons. The highest BCUT2D eigenvalue weighted by molar-refractivity contribution is 6.73. The second-order valence-corrected chi connectivity index (χ2v) is 15.4. The highest BCUT2D eigenvalue weighted by Gasteiger charge is 2.54. The number of hydrogen-bond donors (Lipinski definition) is 0. The van der Waals surface area contributed by atoms with Crippen molar-refractivity contribution >= 4 is 20.1 Å². The van der Waals surface area contributed by atoms with Gasteiger partial charge in [-0.2, -0.15) is 0 Å². The SMILES string of the molecule is CC[Si](CC)(CC)OC1(COC(=O)[C@@H](C)[C@H]2CC[C@H]3C(=O)CCC[C@]23C)CCCC1. The number of ketones is 1. The largest absolute Gasteiger partial charge is 0.462 e. The smallest absolute Gasteiger partial charge is 0.309 e. The summed E-state index contributed by atoms with van der Waals surface area (Å²) >= 11 is 0. The van der Waals surface area contributed by atoms with Gasteiger partial charge in [-0.3, -0.25) is 9.59 Å². The lowest BCUT2D eigenvalue weighted by molar-refractivity contribution is -0.159. The van der Waals surface area contributed by atoms with E-state index in [9.17, 15) is 9.59 Å². The average molecular weight is 437 g/mol. The Bertz CT molecular complexity index is 614. The molecule has 0 heterocycles. The minimum absolute atomic E-state index is 0.0238. The van der Waals surface area contributed by atoms with Crippen molar-refractivity contribution in [2.24, 2.45) is 23.2 Å². The first-order valence-corrected chi connectivity index (χ1v) is 15.2. The molecule has 3 saturated carbocycles. The number of hydrogen-bond acceptors (Lipinski definition) is 4. The molecule has 0 aliphatic heterocycles. The van der Waals surface area contributed by atoms with Gasteiger partial charge in [0.25, 0.3) is 0 Å². The third kappa shape index (κ3) is 4.43. The summed E-state index contributed by atoms with van der Waals surface area (Å²) in [6, 6.07) is 3.38. The first-order valence-electron chi connectivity index (χ1n) is 12.6. The monoisotopic (exact) mass is 436 g/mol. The first-order chi connectivity index (χ1) is 14.2. The molecule has 30 heavy (non-hydrogen) atoms. The molecule has 0 saturated heterocycles. The van der Waals surface area contributed by atoms with E-state index in [4.69, 9.17) is 9.16 Å². The molecule has 0 aromatic rings. The fraction of sp³-hybridized carbons (Fsp3) is 0.920. The molecule has 4 atom stereocenters. The van der Waals surface area contributed by atoms with Crippen molar-refractivity contribution in [1.29, 1.82) is 0 Å². The second kappa shape index (κ2) is 9.44. The molecule has 0 aromatic carbocycles. The van der Waals surface area contributed by atoms with Crippen LogP contribution in [0.1, 0.15) is 92.4 Å². The number of ether oxygens (including phenoxy) is 1. The average Bonchev–Trinajstić information content (AvgIpc) is 3.35. The van der Waals surface area contributed by atoms with Gasteiger partial charge in [0.15, 0.2) is 8.32 Å². The molecule has 3 aliphatic rings. The molecule has 5 heteroatoms. The molecule has 0 N–H and O–H groups in total. The van der Waals surface area contributed by atoms with Gasteiger partial charge in [-0.1, -0.05) is 47.5 Å². The minimum Gasteiger partial charge on any atom is -0.462 e.